The number of benzene rings is 1. The summed E-state index contributed by atoms with van der Waals surface area (Å²) in [7, 11) is 0. The van der Waals surface area contributed by atoms with Crippen molar-refractivity contribution in [1.29, 1.82) is 0 Å². The summed E-state index contributed by atoms with van der Waals surface area (Å²) in [6, 6.07) is 7.43. The lowest BCUT2D eigenvalue weighted by Gasteiger charge is -2.26. The Morgan fingerprint density at radius 2 is 2.05 bits per heavy atom. The van der Waals surface area contributed by atoms with Gasteiger partial charge in [-0.25, -0.2) is 4.99 Å². The molecule has 6 heteroatoms. The van der Waals surface area contributed by atoms with Crippen LogP contribution in [0.4, 0.5) is 0 Å². The molecule has 0 radical (unpaired) electrons. The zero-order valence-corrected chi connectivity index (χ0v) is 13.1. The highest BCUT2D eigenvalue weighted by molar-refractivity contribution is 9.10. The molecule has 2 N–H and O–H groups in total. The highest BCUT2D eigenvalue weighted by atomic mass is 79.9. The standard InChI is InChI=1S/C14H18BrN3O2/c1-9(2)18-12(8-19)13(20)17-14(18)16-7-10-3-5-11(15)6-4-10/h3-6,9,12,19H,7-8H2,1-2H3,(H,16,17,20)/t12-/m0/s1. The molecule has 2 rings (SSSR count). The number of hydrogen-bond acceptors (Lipinski definition) is 3. The van der Waals surface area contributed by atoms with Crippen molar-refractivity contribution in [3.05, 3.63) is 34.3 Å². The first-order valence-corrected chi connectivity index (χ1v) is 7.31. The van der Waals surface area contributed by atoms with E-state index in [1.165, 1.54) is 0 Å². The van der Waals surface area contributed by atoms with Crippen LogP contribution in [-0.2, 0) is 11.3 Å². The largest absolute Gasteiger partial charge is 0.394 e. The lowest BCUT2D eigenvalue weighted by atomic mass is 10.2. The van der Waals surface area contributed by atoms with E-state index in [0.717, 1.165) is 10.0 Å². The van der Waals surface area contributed by atoms with Crippen LogP contribution in [0.2, 0.25) is 0 Å². The molecule has 0 unspecified atom stereocenters. The van der Waals surface area contributed by atoms with Crippen LogP contribution in [-0.4, -0.2) is 40.6 Å². The molecule has 1 aliphatic rings. The van der Waals surface area contributed by atoms with Crippen molar-refractivity contribution in [2.45, 2.75) is 32.5 Å². The maximum atomic E-state index is 11.8. The van der Waals surface area contributed by atoms with Gasteiger partial charge >= 0.3 is 0 Å². The van der Waals surface area contributed by atoms with Crippen LogP contribution < -0.4 is 5.32 Å². The van der Waals surface area contributed by atoms with Gasteiger partial charge in [0.1, 0.15) is 6.04 Å². The lowest BCUT2D eigenvalue weighted by Crippen LogP contribution is -2.43. The molecule has 108 valence electrons. The summed E-state index contributed by atoms with van der Waals surface area (Å²) < 4.78 is 1.02. The van der Waals surface area contributed by atoms with Crippen molar-refractivity contribution >= 4 is 27.8 Å². The van der Waals surface area contributed by atoms with E-state index >= 15 is 0 Å². The Labute approximate surface area is 126 Å². The number of halogens is 1. The van der Waals surface area contributed by atoms with Crippen molar-refractivity contribution in [2.75, 3.05) is 6.61 Å². The molecule has 1 aromatic rings. The Balaban J connectivity index is 2.15. The third kappa shape index (κ3) is 3.19. The van der Waals surface area contributed by atoms with Crippen molar-refractivity contribution in [3.63, 3.8) is 0 Å². The molecular weight excluding hydrogens is 322 g/mol. The smallest absolute Gasteiger partial charge is 0.251 e. The van der Waals surface area contributed by atoms with E-state index in [4.69, 9.17) is 0 Å². The van der Waals surface area contributed by atoms with E-state index in [-0.39, 0.29) is 18.6 Å². The summed E-state index contributed by atoms with van der Waals surface area (Å²) in [5, 5.41) is 12.1. The van der Waals surface area contributed by atoms with Gasteiger partial charge in [0, 0.05) is 10.5 Å². The Morgan fingerprint density at radius 1 is 1.40 bits per heavy atom. The van der Waals surface area contributed by atoms with Gasteiger partial charge in [-0.3, -0.25) is 10.1 Å². The third-order valence-electron chi connectivity index (χ3n) is 3.17. The van der Waals surface area contributed by atoms with Gasteiger partial charge in [0.15, 0.2) is 0 Å². The number of amides is 1. The number of guanidine groups is 1. The second-order valence-electron chi connectivity index (χ2n) is 4.95. The summed E-state index contributed by atoms with van der Waals surface area (Å²) in [6.45, 7) is 4.22. The average Bonchev–Trinajstić information content (AvgIpc) is 2.74. The summed E-state index contributed by atoms with van der Waals surface area (Å²) in [6.07, 6.45) is 0. The van der Waals surface area contributed by atoms with Gasteiger partial charge in [-0.05, 0) is 31.5 Å². The topological polar surface area (TPSA) is 64.9 Å². The van der Waals surface area contributed by atoms with Crippen LogP contribution >= 0.6 is 15.9 Å². The molecule has 0 aromatic heterocycles. The minimum absolute atomic E-state index is 0.0924. The van der Waals surface area contributed by atoms with Crippen LogP contribution in [0.5, 0.6) is 0 Å². The molecule has 1 aliphatic heterocycles. The Kier molecular flexibility index (Phi) is 4.77. The monoisotopic (exact) mass is 339 g/mol. The third-order valence-corrected chi connectivity index (χ3v) is 3.70. The fourth-order valence-corrected chi connectivity index (χ4v) is 2.45. The molecule has 0 spiro atoms. The summed E-state index contributed by atoms with van der Waals surface area (Å²) >= 11 is 3.39. The molecule has 1 heterocycles. The predicted molar refractivity (Wildman–Crippen MR) is 81.3 cm³/mol. The highest BCUT2D eigenvalue weighted by Crippen LogP contribution is 2.15. The van der Waals surface area contributed by atoms with Crippen LogP contribution in [0.15, 0.2) is 33.7 Å². The quantitative estimate of drug-likeness (QED) is 0.873. The predicted octanol–water partition coefficient (Wildman–Crippen LogP) is 1.51. The summed E-state index contributed by atoms with van der Waals surface area (Å²) in [4.78, 5) is 18.1. The molecule has 1 fully saturated rings. The van der Waals surface area contributed by atoms with E-state index in [0.29, 0.717) is 12.5 Å². The average molecular weight is 340 g/mol. The van der Waals surface area contributed by atoms with Crippen molar-refractivity contribution in [1.82, 2.24) is 10.2 Å². The zero-order valence-electron chi connectivity index (χ0n) is 11.5. The molecular formula is C14H18BrN3O2. The first-order chi connectivity index (χ1) is 9.52. The van der Waals surface area contributed by atoms with Crippen molar-refractivity contribution in [2.24, 2.45) is 4.99 Å². The normalized spacial score (nSPS) is 20.9. The minimum atomic E-state index is -0.543. The minimum Gasteiger partial charge on any atom is -0.394 e. The highest BCUT2D eigenvalue weighted by Gasteiger charge is 2.37. The number of aliphatic hydroxyl groups excluding tert-OH is 1. The van der Waals surface area contributed by atoms with Crippen LogP contribution in [0, 0.1) is 0 Å². The Bertz CT molecular complexity index is 514. The summed E-state index contributed by atoms with van der Waals surface area (Å²) in [5.74, 6) is 0.336. The van der Waals surface area contributed by atoms with E-state index in [1.54, 1.807) is 0 Å². The fourth-order valence-electron chi connectivity index (χ4n) is 2.18. The van der Waals surface area contributed by atoms with E-state index in [1.807, 2.05) is 43.0 Å². The Morgan fingerprint density at radius 3 is 2.60 bits per heavy atom. The molecule has 1 atom stereocenters. The fraction of sp³-hybridized carbons (Fsp3) is 0.429. The van der Waals surface area contributed by atoms with Gasteiger partial charge in [0.2, 0.25) is 5.96 Å². The first kappa shape index (κ1) is 15.0. The molecule has 20 heavy (non-hydrogen) atoms. The van der Waals surface area contributed by atoms with E-state index in [9.17, 15) is 9.90 Å². The van der Waals surface area contributed by atoms with Gasteiger partial charge in [-0.15, -0.1) is 0 Å². The van der Waals surface area contributed by atoms with E-state index < -0.39 is 6.04 Å². The van der Waals surface area contributed by atoms with E-state index in [2.05, 4.69) is 26.2 Å². The van der Waals surface area contributed by atoms with Crippen LogP contribution in [0.25, 0.3) is 0 Å². The summed E-state index contributed by atoms with van der Waals surface area (Å²) in [5.41, 5.74) is 1.06. The molecule has 1 saturated heterocycles. The molecule has 0 aliphatic carbocycles. The number of nitrogens with one attached hydrogen (secondary N) is 1. The first-order valence-electron chi connectivity index (χ1n) is 6.52. The van der Waals surface area contributed by atoms with Gasteiger partial charge < -0.3 is 10.0 Å². The lowest BCUT2D eigenvalue weighted by molar-refractivity contribution is -0.122. The van der Waals surface area contributed by atoms with Gasteiger partial charge in [-0.2, -0.15) is 0 Å². The second-order valence-corrected chi connectivity index (χ2v) is 5.87. The van der Waals surface area contributed by atoms with Gasteiger partial charge in [0.05, 0.1) is 13.2 Å². The molecule has 1 aromatic carbocycles. The second kappa shape index (κ2) is 6.37. The molecule has 5 nitrogen and oxygen atoms in total. The number of hydrogen-bond donors (Lipinski definition) is 2. The number of nitrogens with zero attached hydrogens (tertiary/aromatic N) is 2. The maximum absolute atomic E-state index is 11.8. The van der Waals surface area contributed by atoms with Gasteiger partial charge in [-0.1, -0.05) is 28.1 Å². The number of carbonyl (C=O) groups excluding carboxylic acids is 1. The maximum Gasteiger partial charge on any atom is 0.251 e. The number of carbonyl (C=O) groups is 1. The number of rotatable bonds is 4. The Hall–Kier alpha value is -1.40. The number of aliphatic imine (C=N–C) groups is 1. The molecule has 0 saturated carbocycles. The zero-order chi connectivity index (χ0) is 14.7. The SMILES string of the molecule is CC(C)N1C(=NCc2ccc(Br)cc2)NC(=O)[C@@H]1CO. The van der Waals surface area contributed by atoms with Crippen LogP contribution in [0.1, 0.15) is 19.4 Å². The molecule has 0 bridgehead atoms. The number of aliphatic hydroxyl groups is 1. The van der Waals surface area contributed by atoms with Crippen molar-refractivity contribution in [3.8, 4) is 0 Å². The molecule has 1 amide bonds. The van der Waals surface area contributed by atoms with Crippen molar-refractivity contribution < 1.29 is 9.90 Å². The van der Waals surface area contributed by atoms with Crippen LogP contribution in [0.3, 0.4) is 0 Å². The van der Waals surface area contributed by atoms with Gasteiger partial charge in [0.25, 0.3) is 5.91 Å².